The van der Waals surface area contributed by atoms with Crippen molar-refractivity contribution < 1.29 is 18.8 Å². The first-order chi connectivity index (χ1) is 7.04. The number of esters is 1. The smallest absolute Gasteiger partial charge is 0.313 e. The summed E-state index contributed by atoms with van der Waals surface area (Å²) in [4.78, 5) is 22.3. The van der Waals surface area contributed by atoms with Gasteiger partial charge in [0.2, 0.25) is 0 Å². The first-order valence-electron chi connectivity index (χ1n) is 4.61. The van der Waals surface area contributed by atoms with Crippen LogP contribution in [0.15, 0.2) is 10.6 Å². The van der Waals surface area contributed by atoms with E-state index < -0.39 is 11.8 Å². The molecule has 0 aliphatic heterocycles. The van der Waals surface area contributed by atoms with Crippen molar-refractivity contribution >= 4 is 11.8 Å². The van der Waals surface area contributed by atoms with E-state index in [2.05, 4.69) is 9.89 Å². The number of hydrogen-bond donors (Lipinski definition) is 0. The molecule has 0 unspecified atom stereocenters. The molecule has 0 saturated carbocycles. The zero-order chi connectivity index (χ0) is 11.4. The van der Waals surface area contributed by atoms with Gasteiger partial charge in [0.15, 0.2) is 5.78 Å². The summed E-state index contributed by atoms with van der Waals surface area (Å²) in [6, 6.07) is 1.55. The highest BCUT2D eigenvalue weighted by molar-refractivity contribution is 6.04. The zero-order valence-corrected chi connectivity index (χ0v) is 8.94. The van der Waals surface area contributed by atoms with E-state index in [9.17, 15) is 9.59 Å². The molecule has 0 spiro atoms. The van der Waals surface area contributed by atoms with Crippen molar-refractivity contribution in [2.45, 2.75) is 26.2 Å². The Kier molecular flexibility index (Phi) is 3.60. The molecule has 82 valence electrons. The van der Waals surface area contributed by atoms with Crippen LogP contribution in [0.4, 0.5) is 0 Å². The van der Waals surface area contributed by atoms with Crippen LogP contribution in [0, 0.1) is 0 Å². The number of Topliss-reactive ketones (excluding diaryl/α,β-unsaturated/α-hetero) is 1. The summed E-state index contributed by atoms with van der Waals surface area (Å²) in [6.07, 6.45) is -0.305. The van der Waals surface area contributed by atoms with Crippen molar-refractivity contribution in [2.24, 2.45) is 0 Å². The summed E-state index contributed by atoms with van der Waals surface area (Å²) in [5.41, 5.74) is 0.170. The second-order valence-corrected chi connectivity index (χ2v) is 3.45. The minimum Gasteiger partial charge on any atom is -0.469 e. The number of nitrogens with zero attached hydrogens (tertiary/aromatic N) is 1. The van der Waals surface area contributed by atoms with Crippen LogP contribution in [-0.4, -0.2) is 24.0 Å². The molecule has 5 heteroatoms. The van der Waals surface area contributed by atoms with Gasteiger partial charge in [0.1, 0.15) is 17.9 Å². The number of methoxy groups -OCH3 is 1. The first-order valence-corrected chi connectivity index (χ1v) is 4.61. The van der Waals surface area contributed by atoms with E-state index in [1.54, 1.807) is 6.07 Å². The zero-order valence-electron chi connectivity index (χ0n) is 8.94. The highest BCUT2D eigenvalue weighted by Crippen LogP contribution is 2.15. The molecule has 0 fully saturated rings. The summed E-state index contributed by atoms with van der Waals surface area (Å²) in [5, 5.41) is 3.59. The maximum absolute atomic E-state index is 11.4. The first kappa shape index (κ1) is 11.4. The number of rotatable bonds is 4. The Labute approximate surface area is 87.4 Å². The Bertz CT molecular complexity index is 367. The minimum atomic E-state index is -0.575. The maximum Gasteiger partial charge on any atom is 0.313 e. The molecule has 1 heterocycles. The highest BCUT2D eigenvalue weighted by Gasteiger charge is 2.17. The molecule has 0 aliphatic rings. The third kappa shape index (κ3) is 2.90. The van der Waals surface area contributed by atoms with Crippen LogP contribution in [-0.2, 0) is 9.53 Å². The molecule has 1 aromatic rings. The molecule has 0 N–H and O–H groups in total. The van der Waals surface area contributed by atoms with Gasteiger partial charge in [-0.05, 0) is 0 Å². The highest BCUT2D eigenvalue weighted by atomic mass is 16.5. The molecule has 0 atom stereocenters. The lowest BCUT2D eigenvalue weighted by atomic mass is 10.1. The van der Waals surface area contributed by atoms with Crippen LogP contribution in [0.5, 0.6) is 0 Å². The molecular formula is C10H13NO4. The van der Waals surface area contributed by atoms with Crippen molar-refractivity contribution in [3.8, 4) is 0 Å². The monoisotopic (exact) mass is 211 g/mol. The molecule has 5 nitrogen and oxygen atoms in total. The summed E-state index contributed by atoms with van der Waals surface area (Å²) in [5.74, 6) is -0.174. The molecule has 0 amide bonds. The van der Waals surface area contributed by atoms with Crippen LogP contribution in [0.25, 0.3) is 0 Å². The van der Waals surface area contributed by atoms with E-state index in [-0.39, 0.29) is 18.0 Å². The molecule has 15 heavy (non-hydrogen) atoms. The third-order valence-electron chi connectivity index (χ3n) is 1.92. The minimum absolute atomic E-state index is 0.164. The van der Waals surface area contributed by atoms with Crippen molar-refractivity contribution in [2.75, 3.05) is 7.11 Å². The summed E-state index contributed by atoms with van der Waals surface area (Å²) < 4.78 is 9.32. The van der Waals surface area contributed by atoms with Gasteiger partial charge in [-0.3, -0.25) is 9.59 Å². The largest absolute Gasteiger partial charge is 0.469 e. The topological polar surface area (TPSA) is 69.4 Å². The van der Waals surface area contributed by atoms with Gasteiger partial charge in [0.25, 0.3) is 0 Å². The van der Waals surface area contributed by atoms with Crippen LogP contribution in [0.3, 0.4) is 0 Å². The predicted octanol–water partition coefficient (Wildman–Crippen LogP) is 1.54. The fourth-order valence-corrected chi connectivity index (χ4v) is 0.987. The van der Waals surface area contributed by atoms with Gasteiger partial charge in [0, 0.05) is 12.0 Å². The molecule has 0 bridgehead atoms. The summed E-state index contributed by atoms with van der Waals surface area (Å²) >= 11 is 0. The number of ether oxygens (including phenoxy) is 1. The van der Waals surface area contributed by atoms with Crippen molar-refractivity contribution in [3.63, 3.8) is 0 Å². The maximum atomic E-state index is 11.4. The molecule has 1 rings (SSSR count). The van der Waals surface area contributed by atoms with E-state index >= 15 is 0 Å². The van der Waals surface area contributed by atoms with Crippen molar-refractivity contribution in [3.05, 3.63) is 17.5 Å². The lowest BCUT2D eigenvalue weighted by Crippen LogP contribution is -2.09. The molecule has 1 aromatic heterocycles. The standard InChI is InChI=1S/C10H13NO4/c1-6(2)9-4-7(11-15-9)8(12)5-10(13)14-3/h4,6H,5H2,1-3H3. The van der Waals surface area contributed by atoms with E-state index in [1.807, 2.05) is 13.8 Å². The van der Waals surface area contributed by atoms with Gasteiger partial charge in [-0.25, -0.2) is 0 Å². The van der Waals surface area contributed by atoms with Crippen LogP contribution in [0.2, 0.25) is 0 Å². The van der Waals surface area contributed by atoms with E-state index in [4.69, 9.17) is 4.52 Å². The molecule has 0 aliphatic carbocycles. The Morgan fingerprint density at radius 3 is 2.67 bits per heavy atom. The Balaban J connectivity index is 2.70. The van der Waals surface area contributed by atoms with Gasteiger partial charge in [-0.15, -0.1) is 0 Å². The second-order valence-electron chi connectivity index (χ2n) is 3.45. The van der Waals surface area contributed by atoms with Crippen LogP contribution >= 0.6 is 0 Å². The van der Waals surface area contributed by atoms with E-state index in [0.29, 0.717) is 5.76 Å². The second kappa shape index (κ2) is 4.72. The van der Waals surface area contributed by atoms with Crippen molar-refractivity contribution in [1.29, 1.82) is 0 Å². The lowest BCUT2D eigenvalue weighted by Gasteiger charge is -1.95. The summed E-state index contributed by atoms with van der Waals surface area (Å²) in [6.45, 7) is 3.85. The Morgan fingerprint density at radius 2 is 2.20 bits per heavy atom. The van der Waals surface area contributed by atoms with Crippen LogP contribution < -0.4 is 0 Å². The number of ketones is 1. The van der Waals surface area contributed by atoms with Gasteiger partial charge in [-0.1, -0.05) is 19.0 Å². The average Bonchev–Trinajstić information content (AvgIpc) is 2.66. The quantitative estimate of drug-likeness (QED) is 0.429. The number of carbonyl (C=O) groups is 2. The fourth-order valence-electron chi connectivity index (χ4n) is 0.987. The fraction of sp³-hybridized carbons (Fsp3) is 0.500. The van der Waals surface area contributed by atoms with Gasteiger partial charge in [0.05, 0.1) is 7.11 Å². The van der Waals surface area contributed by atoms with Gasteiger partial charge in [-0.2, -0.15) is 0 Å². The number of hydrogen-bond acceptors (Lipinski definition) is 5. The van der Waals surface area contributed by atoms with Crippen LogP contribution in [0.1, 0.15) is 42.4 Å². The van der Waals surface area contributed by atoms with Gasteiger partial charge >= 0.3 is 5.97 Å². The third-order valence-corrected chi connectivity index (χ3v) is 1.92. The van der Waals surface area contributed by atoms with E-state index in [0.717, 1.165) is 0 Å². The van der Waals surface area contributed by atoms with Crippen molar-refractivity contribution in [1.82, 2.24) is 5.16 Å². The average molecular weight is 211 g/mol. The molecule has 0 aromatic carbocycles. The SMILES string of the molecule is COC(=O)CC(=O)c1cc(C(C)C)on1. The Hall–Kier alpha value is -1.65. The van der Waals surface area contributed by atoms with Gasteiger partial charge < -0.3 is 9.26 Å². The number of aromatic nitrogens is 1. The molecule has 0 saturated heterocycles. The number of carbonyl (C=O) groups excluding carboxylic acids is 2. The molecule has 0 radical (unpaired) electrons. The summed E-state index contributed by atoms with van der Waals surface area (Å²) in [7, 11) is 1.23. The lowest BCUT2D eigenvalue weighted by molar-refractivity contribution is -0.139. The Morgan fingerprint density at radius 1 is 1.53 bits per heavy atom. The predicted molar refractivity (Wildman–Crippen MR) is 51.6 cm³/mol. The molecular weight excluding hydrogens is 198 g/mol. The normalized spacial score (nSPS) is 10.4. The van der Waals surface area contributed by atoms with E-state index in [1.165, 1.54) is 7.11 Å².